The minimum absolute atomic E-state index is 0.00408. The molecule has 0 radical (unpaired) electrons. The summed E-state index contributed by atoms with van der Waals surface area (Å²) in [5, 5.41) is 8.93. The lowest BCUT2D eigenvalue weighted by atomic mass is 9.89. The Labute approximate surface area is 130 Å². The molecule has 0 fully saturated rings. The van der Waals surface area contributed by atoms with Crippen molar-refractivity contribution in [1.29, 1.82) is 5.26 Å². The van der Waals surface area contributed by atoms with Crippen LogP contribution in [0.3, 0.4) is 0 Å². The van der Waals surface area contributed by atoms with E-state index in [1.807, 2.05) is 30.3 Å². The highest BCUT2D eigenvalue weighted by Gasteiger charge is 2.21. The van der Waals surface area contributed by atoms with Gasteiger partial charge in [0.05, 0.1) is 6.07 Å². The van der Waals surface area contributed by atoms with Crippen molar-refractivity contribution < 1.29 is 9.59 Å². The van der Waals surface area contributed by atoms with Gasteiger partial charge in [0.1, 0.15) is 0 Å². The van der Waals surface area contributed by atoms with Crippen LogP contribution in [0.5, 0.6) is 0 Å². The number of carbonyl (C=O) groups is 2. The molecule has 2 aromatic rings. The maximum absolute atomic E-state index is 12.4. The maximum atomic E-state index is 12.4. The number of nitriles is 1. The Morgan fingerprint density at radius 3 is 2.00 bits per heavy atom. The molecule has 0 aliphatic heterocycles. The van der Waals surface area contributed by atoms with E-state index in [1.165, 1.54) is 0 Å². The average molecular weight is 291 g/mol. The first kappa shape index (κ1) is 15.7. The van der Waals surface area contributed by atoms with Gasteiger partial charge in [0.25, 0.3) is 0 Å². The van der Waals surface area contributed by atoms with Gasteiger partial charge in [0.2, 0.25) is 0 Å². The summed E-state index contributed by atoms with van der Waals surface area (Å²) in [7, 11) is 0. The fraction of sp³-hybridized carbons (Fsp3) is 0.211. The first-order chi connectivity index (χ1) is 10.7. The van der Waals surface area contributed by atoms with Crippen molar-refractivity contribution in [1.82, 2.24) is 0 Å². The first-order valence-corrected chi connectivity index (χ1v) is 7.27. The van der Waals surface area contributed by atoms with Gasteiger partial charge in [0, 0.05) is 29.9 Å². The highest BCUT2D eigenvalue weighted by molar-refractivity contribution is 5.99. The van der Waals surface area contributed by atoms with Gasteiger partial charge in [-0.05, 0) is 6.42 Å². The number of hydrogen-bond acceptors (Lipinski definition) is 3. The Bertz CT molecular complexity index is 672. The Hall–Kier alpha value is -2.73. The van der Waals surface area contributed by atoms with Crippen LogP contribution in [-0.4, -0.2) is 11.6 Å². The van der Waals surface area contributed by atoms with Gasteiger partial charge in [0.15, 0.2) is 11.6 Å². The molecule has 1 atom stereocenters. The standard InChI is InChI=1S/C19H17NO2/c20-14-13-17(19(22)16-9-5-2-6-10-16)11-12-18(21)15-7-3-1-4-8-15/h1-10,17H,11-13H2. The van der Waals surface area contributed by atoms with Crippen LogP contribution in [-0.2, 0) is 0 Å². The molecule has 1 unspecified atom stereocenters. The minimum Gasteiger partial charge on any atom is -0.294 e. The number of ketones is 2. The lowest BCUT2D eigenvalue weighted by Gasteiger charge is -2.12. The van der Waals surface area contributed by atoms with Crippen LogP contribution in [0.1, 0.15) is 40.0 Å². The van der Waals surface area contributed by atoms with Crippen molar-refractivity contribution >= 4 is 11.6 Å². The van der Waals surface area contributed by atoms with Gasteiger partial charge in [-0.1, -0.05) is 60.7 Å². The molecule has 0 amide bonds. The number of hydrogen-bond donors (Lipinski definition) is 0. The molecule has 0 saturated heterocycles. The molecule has 0 N–H and O–H groups in total. The summed E-state index contributed by atoms with van der Waals surface area (Å²) >= 11 is 0. The van der Waals surface area contributed by atoms with E-state index >= 15 is 0 Å². The van der Waals surface area contributed by atoms with E-state index < -0.39 is 5.92 Å². The molecular weight excluding hydrogens is 274 g/mol. The van der Waals surface area contributed by atoms with Crippen LogP contribution >= 0.6 is 0 Å². The third-order valence-electron chi connectivity index (χ3n) is 3.58. The largest absolute Gasteiger partial charge is 0.294 e. The van der Waals surface area contributed by atoms with Crippen molar-refractivity contribution in [3.8, 4) is 6.07 Å². The van der Waals surface area contributed by atoms with Crippen LogP contribution in [0.2, 0.25) is 0 Å². The molecule has 110 valence electrons. The number of Topliss-reactive ketones (excluding diaryl/α,β-unsaturated/α-hetero) is 2. The smallest absolute Gasteiger partial charge is 0.166 e. The highest BCUT2D eigenvalue weighted by Crippen LogP contribution is 2.19. The van der Waals surface area contributed by atoms with Gasteiger partial charge in [-0.25, -0.2) is 0 Å². The van der Waals surface area contributed by atoms with E-state index in [9.17, 15) is 9.59 Å². The summed E-state index contributed by atoms with van der Waals surface area (Å²) in [6, 6.07) is 20.0. The Kier molecular flexibility index (Phi) is 5.62. The summed E-state index contributed by atoms with van der Waals surface area (Å²) in [6.45, 7) is 0. The fourth-order valence-electron chi connectivity index (χ4n) is 2.35. The van der Waals surface area contributed by atoms with Gasteiger partial charge in [-0.2, -0.15) is 5.26 Å². The van der Waals surface area contributed by atoms with Crippen molar-refractivity contribution in [2.75, 3.05) is 0 Å². The third-order valence-corrected chi connectivity index (χ3v) is 3.58. The monoisotopic (exact) mass is 291 g/mol. The highest BCUT2D eigenvalue weighted by atomic mass is 16.1. The van der Waals surface area contributed by atoms with E-state index in [4.69, 9.17) is 5.26 Å². The molecule has 2 aromatic carbocycles. The predicted molar refractivity (Wildman–Crippen MR) is 84.5 cm³/mol. The molecule has 0 heterocycles. The molecule has 0 spiro atoms. The molecular formula is C19H17NO2. The average Bonchev–Trinajstić information content (AvgIpc) is 2.59. The minimum atomic E-state index is -0.430. The zero-order valence-corrected chi connectivity index (χ0v) is 12.2. The zero-order chi connectivity index (χ0) is 15.8. The topological polar surface area (TPSA) is 57.9 Å². The van der Waals surface area contributed by atoms with Crippen LogP contribution in [0.4, 0.5) is 0 Å². The molecule has 3 heteroatoms. The lowest BCUT2D eigenvalue weighted by Crippen LogP contribution is -2.16. The van der Waals surface area contributed by atoms with E-state index in [1.54, 1.807) is 36.4 Å². The molecule has 22 heavy (non-hydrogen) atoms. The van der Waals surface area contributed by atoms with Crippen molar-refractivity contribution in [2.24, 2.45) is 5.92 Å². The van der Waals surface area contributed by atoms with Crippen molar-refractivity contribution in [2.45, 2.75) is 19.3 Å². The van der Waals surface area contributed by atoms with Crippen LogP contribution in [0, 0.1) is 17.2 Å². The molecule has 0 aromatic heterocycles. The van der Waals surface area contributed by atoms with Crippen LogP contribution < -0.4 is 0 Å². The SMILES string of the molecule is N#CCC(CCC(=O)c1ccccc1)C(=O)c1ccccc1. The second-order valence-electron chi connectivity index (χ2n) is 5.12. The Morgan fingerprint density at radius 1 is 0.909 bits per heavy atom. The third kappa shape index (κ3) is 4.13. The quantitative estimate of drug-likeness (QED) is 0.723. The molecule has 0 aliphatic carbocycles. The number of carbonyl (C=O) groups excluding carboxylic acids is 2. The number of rotatable bonds is 7. The normalized spacial score (nSPS) is 11.4. The lowest BCUT2D eigenvalue weighted by molar-refractivity contribution is 0.0898. The summed E-state index contributed by atoms with van der Waals surface area (Å²) < 4.78 is 0. The first-order valence-electron chi connectivity index (χ1n) is 7.27. The second kappa shape index (κ2) is 7.90. The Morgan fingerprint density at radius 2 is 1.45 bits per heavy atom. The van der Waals surface area contributed by atoms with Gasteiger partial charge < -0.3 is 0 Å². The summed E-state index contributed by atoms with van der Waals surface area (Å²) in [5.74, 6) is -0.493. The molecule has 0 saturated carbocycles. The maximum Gasteiger partial charge on any atom is 0.166 e. The van der Waals surface area contributed by atoms with E-state index in [0.717, 1.165) is 0 Å². The number of benzene rings is 2. The van der Waals surface area contributed by atoms with Crippen molar-refractivity contribution in [3.63, 3.8) is 0 Å². The summed E-state index contributed by atoms with van der Waals surface area (Å²) in [5.41, 5.74) is 1.24. The number of nitrogens with zero attached hydrogens (tertiary/aromatic N) is 1. The molecule has 3 nitrogen and oxygen atoms in total. The van der Waals surface area contributed by atoms with Crippen LogP contribution in [0.25, 0.3) is 0 Å². The molecule has 0 aliphatic rings. The zero-order valence-electron chi connectivity index (χ0n) is 12.2. The second-order valence-corrected chi connectivity index (χ2v) is 5.12. The van der Waals surface area contributed by atoms with Gasteiger partial charge >= 0.3 is 0 Å². The van der Waals surface area contributed by atoms with Gasteiger partial charge in [-0.3, -0.25) is 9.59 Å². The van der Waals surface area contributed by atoms with E-state index in [2.05, 4.69) is 0 Å². The van der Waals surface area contributed by atoms with E-state index in [-0.39, 0.29) is 24.4 Å². The summed E-state index contributed by atoms with van der Waals surface area (Å²) in [6.07, 6.45) is 0.805. The van der Waals surface area contributed by atoms with Crippen molar-refractivity contribution in [3.05, 3.63) is 71.8 Å². The fourth-order valence-corrected chi connectivity index (χ4v) is 2.35. The molecule has 2 rings (SSSR count). The van der Waals surface area contributed by atoms with E-state index in [0.29, 0.717) is 17.5 Å². The Balaban J connectivity index is 2.02. The van der Waals surface area contributed by atoms with Gasteiger partial charge in [-0.15, -0.1) is 0 Å². The van der Waals surface area contributed by atoms with Crippen LogP contribution in [0.15, 0.2) is 60.7 Å². The summed E-state index contributed by atoms with van der Waals surface area (Å²) in [4.78, 5) is 24.5. The predicted octanol–water partition coefficient (Wildman–Crippen LogP) is 4.06. The molecule has 0 bridgehead atoms.